The zero-order chi connectivity index (χ0) is 22.5. The fourth-order valence-corrected chi connectivity index (χ4v) is 7.08. The molecular formula is C21H20O9S3. The van der Waals surface area contributed by atoms with E-state index >= 15 is 0 Å². The zero-order valence-corrected chi connectivity index (χ0v) is 19.6. The lowest BCUT2D eigenvalue weighted by Gasteiger charge is -2.25. The largest absolute Gasteiger partial charge is 0.484 e. The van der Waals surface area contributed by atoms with Gasteiger partial charge in [-0.3, -0.25) is 0 Å². The quantitative estimate of drug-likeness (QED) is 0.474. The highest BCUT2D eigenvalue weighted by molar-refractivity contribution is 7.27. The van der Waals surface area contributed by atoms with Crippen LogP contribution in [-0.4, -0.2) is 73.3 Å². The van der Waals surface area contributed by atoms with E-state index in [9.17, 15) is 15.3 Å². The first-order valence-corrected chi connectivity index (χ1v) is 12.9. The first kappa shape index (κ1) is 21.3. The molecule has 3 aliphatic rings. The van der Waals surface area contributed by atoms with E-state index < -0.39 is 18.3 Å². The topological polar surface area (TPSA) is 116 Å². The van der Waals surface area contributed by atoms with E-state index in [2.05, 4.69) is 0 Å². The van der Waals surface area contributed by atoms with Crippen LogP contribution in [-0.2, 0) is 0 Å². The van der Waals surface area contributed by atoms with Crippen molar-refractivity contribution in [3.8, 4) is 54.0 Å². The molecule has 0 fully saturated rings. The van der Waals surface area contributed by atoms with Crippen LogP contribution in [0.5, 0.6) is 34.5 Å². The molecule has 3 unspecified atom stereocenters. The lowest BCUT2D eigenvalue weighted by molar-refractivity contribution is 0.0455. The second-order valence-corrected chi connectivity index (χ2v) is 10.4. The van der Waals surface area contributed by atoms with Gasteiger partial charge in [0.25, 0.3) is 0 Å². The van der Waals surface area contributed by atoms with Gasteiger partial charge < -0.3 is 43.7 Å². The first-order chi connectivity index (χ1) is 16.2. The normalized spacial score (nSPS) is 22.9. The van der Waals surface area contributed by atoms with Crippen LogP contribution in [0.4, 0.5) is 0 Å². The van der Waals surface area contributed by atoms with E-state index in [-0.39, 0.29) is 39.6 Å². The minimum absolute atomic E-state index is 0.120. The van der Waals surface area contributed by atoms with Crippen molar-refractivity contribution < 1.29 is 43.7 Å². The second kappa shape index (κ2) is 8.53. The Hall–Kier alpha value is -2.22. The van der Waals surface area contributed by atoms with Crippen molar-refractivity contribution in [2.45, 2.75) is 18.3 Å². The van der Waals surface area contributed by atoms with Crippen LogP contribution in [0.25, 0.3) is 19.5 Å². The van der Waals surface area contributed by atoms with Crippen molar-refractivity contribution in [1.29, 1.82) is 0 Å². The van der Waals surface area contributed by atoms with Crippen molar-refractivity contribution >= 4 is 34.0 Å². The summed E-state index contributed by atoms with van der Waals surface area (Å²) >= 11 is 4.40. The maximum absolute atomic E-state index is 9.66. The third-order valence-corrected chi connectivity index (χ3v) is 8.75. The van der Waals surface area contributed by atoms with Crippen molar-refractivity contribution in [2.75, 3.05) is 39.6 Å². The van der Waals surface area contributed by atoms with Crippen LogP contribution in [0.15, 0.2) is 10.8 Å². The molecule has 0 radical (unpaired) electrons. The standard InChI is InChI=1S/C21H20O9S3/c22-1-9-4-25-14-12(28-9)7-31-18(14)20-16-17(30-11(3-24)6-27-16)21(33-20)19-15-13(8-32-19)29-10(2-23)5-26-15/h7-11,22-24H,1-6H2. The first-order valence-electron chi connectivity index (χ1n) is 10.3. The lowest BCUT2D eigenvalue weighted by atomic mass is 10.2. The number of ether oxygens (including phenoxy) is 6. The molecule has 3 aromatic rings. The maximum atomic E-state index is 9.66. The zero-order valence-electron chi connectivity index (χ0n) is 17.1. The SMILES string of the molecule is OCC1COc2c(csc2-c2sc(-c3scc4c3OCC(CO)O4)c3c2OCC(CO)O3)O1. The van der Waals surface area contributed by atoms with Crippen LogP contribution in [0, 0.1) is 0 Å². The van der Waals surface area contributed by atoms with E-state index in [0.717, 1.165) is 19.5 Å². The number of hydrogen-bond acceptors (Lipinski definition) is 12. The summed E-state index contributed by atoms with van der Waals surface area (Å²) in [5.74, 6) is 3.53. The molecule has 0 saturated carbocycles. The van der Waals surface area contributed by atoms with Crippen LogP contribution < -0.4 is 28.4 Å². The predicted octanol–water partition coefficient (Wildman–Crippen LogP) is 2.60. The third-order valence-electron chi connectivity index (χ3n) is 5.39. The lowest BCUT2D eigenvalue weighted by Crippen LogP contribution is -2.32. The van der Waals surface area contributed by atoms with Gasteiger partial charge in [0.1, 0.15) is 19.8 Å². The molecular weight excluding hydrogens is 492 g/mol. The number of thiophene rings is 3. The highest BCUT2D eigenvalue weighted by Gasteiger charge is 2.37. The molecule has 176 valence electrons. The van der Waals surface area contributed by atoms with Gasteiger partial charge in [0.05, 0.1) is 39.3 Å². The smallest absolute Gasteiger partial charge is 0.182 e. The number of aliphatic hydroxyl groups is 3. The number of rotatable bonds is 5. The van der Waals surface area contributed by atoms with Crippen LogP contribution in [0.2, 0.25) is 0 Å². The van der Waals surface area contributed by atoms with Gasteiger partial charge in [-0.25, -0.2) is 0 Å². The Morgan fingerprint density at radius 2 is 1.06 bits per heavy atom. The monoisotopic (exact) mass is 512 g/mol. The van der Waals surface area contributed by atoms with Gasteiger partial charge in [0.2, 0.25) is 0 Å². The van der Waals surface area contributed by atoms with E-state index in [1.807, 2.05) is 10.8 Å². The van der Waals surface area contributed by atoms with Gasteiger partial charge in [-0.1, -0.05) is 0 Å². The Morgan fingerprint density at radius 1 is 0.606 bits per heavy atom. The maximum Gasteiger partial charge on any atom is 0.182 e. The Balaban J connectivity index is 1.45. The highest BCUT2D eigenvalue weighted by Crippen LogP contribution is 2.61. The van der Waals surface area contributed by atoms with E-state index in [1.165, 1.54) is 34.0 Å². The molecule has 3 atom stereocenters. The molecule has 12 heteroatoms. The summed E-state index contributed by atoms with van der Waals surface area (Å²) in [5.41, 5.74) is 0. The molecule has 9 nitrogen and oxygen atoms in total. The minimum Gasteiger partial charge on any atom is -0.484 e. The fourth-order valence-electron chi connectivity index (χ4n) is 3.78. The summed E-state index contributed by atoms with van der Waals surface area (Å²) in [6.45, 7) is 0.322. The molecule has 0 bridgehead atoms. The molecule has 6 rings (SSSR count). The predicted molar refractivity (Wildman–Crippen MR) is 122 cm³/mol. The summed E-state index contributed by atoms with van der Waals surface area (Å²) < 4.78 is 35.7. The van der Waals surface area contributed by atoms with Gasteiger partial charge in [0, 0.05) is 10.8 Å². The van der Waals surface area contributed by atoms with Gasteiger partial charge in [-0.15, -0.1) is 34.0 Å². The summed E-state index contributed by atoms with van der Waals surface area (Å²) in [7, 11) is 0. The number of aliphatic hydroxyl groups excluding tert-OH is 3. The van der Waals surface area contributed by atoms with Crippen LogP contribution in [0.1, 0.15) is 0 Å². The Bertz CT molecular complexity index is 1170. The van der Waals surface area contributed by atoms with Crippen molar-refractivity contribution in [1.82, 2.24) is 0 Å². The molecule has 3 aliphatic heterocycles. The summed E-state index contributed by atoms with van der Waals surface area (Å²) in [5, 5.41) is 32.2. The molecule has 0 spiro atoms. The van der Waals surface area contributed by atoms with Crippen LogP contribution >= 0.6 is 34.0 Å². The Morgan fingerprint density at radius 3 is 1.58 bits per heavy atom. The van der Waals surface area contributed by atoms with Crippen molar-refractivity contribution in [3.05, 3.63) is 10.8 Å². The molecule has 6 heterocycles. The third kappa shape index (κ3) is 3.52. The molecule has 0 amide bonds. The van der Waals surface area contributed by atoms with Gasteiger partial charge >= 0.3 is 0 Å². The average molecular weight is 513 g/mol. The highest BCUT2D eigenvalue weighted by atomic mass is 32.1. The molecule has 0 aliphatic carbocycles. The fraction of sp³-hybridized carbons (Fsp3) is 0.429. The molecule has 3 N–H and O–H groups in total. The van der Waals surface area contributed by atoms with Gasteiger partial charge in [-0.2, -0.15) is 0 Å². The Kier molecular flexibility index (Phi) is 5.51. The van der Waals surface area contributed by atoms with Crippen LogP contribution in [0.3, 0.4) is 0 Å². The Labute approximate surface area is 200 Å². The van der Waals surface area contributed by atoms with E-state index in [4.69, 9.17) is 28.4 Å². The molecule has 3 aromatic heterocycles. The van der Waals surface area contributed by atoms with E-state index in [0.29, 0.717) is 34.5 Å². The summed E-state index contributed by atoms with van der Waals surface area (Å²) in [6.07, 6.45) is -1.27. The van der Waals surface area contributed by atoms with Crippen molar-refractivity contribution in [2.24, 2.45) is 0 Å². The van der Waals surface area contributed by atoms with E-state index in [1.54, 1.807) is 0 Å². The second-order valence-electron chi connectivity index (χ2n) is 7.64. The molecule has 33 heavy (non-hydrogen) atoms. The average Bonchev–Trinajstić information content (AvgIpc) is 3.57. The summed E-state index contributed by atoms with van der Waals surface area (Å²) in [4.78, 5) is 3.32. The summed E-state index contributed by atoms with van der Waals surface area (Å²) in [6, 6.07) is 0. The molecule has 0 aromatic carbocycles. The number of hydrogen-bond donors (Lipinski definition) is 3. The van der Waals surface area contributed by atoms with Gasteiger partial charge in [-0.05, 0) is 0 Å². The minimum atomic E-state index is -0.479. The van der Waals surface area contributed by atoms with Crippen molar-refractivity contribution in [3.63, 3.8) is 0 Å². The molecule has 0 saturated heterocycles. The number of fused-ring (bicyclic) bond motifs is 3. The van der Waals surface area contributed by atoms with Gasteiger partial charge in [0.15, 0.2) is 52.8 Å².